The van der Waals surface area contributed by atoms with Gasteiger partial charge in [0.1, 0.15) is 5.82 Å². The van der Waals surface area contributed by atoms with E-state index in [1.165, 1.54) is 5.39 Å². The van der Waals surface area contributed by atoms with Gasteiger partial charge in [-0.25, -0.2) is 4.98 Å². The minimum atomic E-state index is -0.0555. The molecule has 0 atom stereocenters. The van der Waals surface area contributed by atoms with Crippen LogP contribution in [0.25, 0.3) is 22.2 Å². The first kappa shape index (κ1) is 12.6. The quantitative estimate of drug-likeness (QED) is 0.770. The highest BCUT2D eigenvalue weighted by Gasteiger charge is 2.08. The molecule has 0 fully saturated rings. The van der Waals surface area contributed by atoms with Gasteiger partial charge in [0, 0.05) is 11.1 Å². The van der Waals surface area contributed by atoms with Crippen molar-refractivity contribution in [3.05, 3.63) is 64.1 Å². The number of fused-ring (bicyclic) bond motifs is 1. The van der Waals surface area contributed by atoms with Gasteiger partial charge in [0.05, 0.1) is 5.69 Å². The van der Waals surface area contributed by atoms with Crippen LogP contribution in [0.15, 0.2) is 47.3 Å². The zero-order chi connectivity index (χ0) is 14.1. The summed E-state index contributed by atoms with van der Waals surface area (Å²) < 4.78 is 0. The molecule has 0 spiro atoms. The van der Waals surface area contributed by atoms with E-state index in [0.717, 1.165) is 23.1 Å². The lowest BCUT2D eigenvalue weighted by molar-refractivity contribution is 0.955. The molecular formula is C17H16N2O. The van der Waals surface area contributed by atoms with E-state index in [1.807, 2.05) is 32.0 Å². The Labute approximate surface area is 117 Å². The highest BCUT2D eigenvalue weighted by molar-refractivity contribution is 5.86. The van der Waals surface area contributed by atoms with Crippen LogP contribution in [-0.2, 0) is 6.42 Å². The number of benzene rings is 2. The summed E-state index contributed by atoms with van der Waals surface area (Å²) in [4.78, 5) is 19.4. The number of nitrogens with one attached hydrogen (secondary N) is 1. The molecule has 0 radical (unpaired) electrons. The molecule has 0 aliphatic rings. The Kier molecular flexibility index (Phi) is 3.11. The largest absolute Gasteiger partial charge is 0.306 e. The van der Waals surface area contributed by atoms with Gasteiger partial charge < -0.3 is 4.98 Å². The molecule has 0 aliphatic heterocycles. The molecule has 20 heavy (non-hydrogen) atoms. The average Bonchev–Trinajstić information content (AvgIpc) is 2.49. The summed E-state index contributed by atoms with van der Waals surface area (Å²) in [6.45, 7) is 3.83. The van der Waals surface area contributed by atoms with Crippen LogP contribution >= 0.6 is 0 Å². The second kappa shape index (κ2) is 4.93. The van der Waals surface area contributed by atoms with Crippen molar-refractivity contribution < 1.29 is 0 Å². The van der Waals surface area contributed by atoms with Crippen LogP contribution in [-0.4, -0.2) is 9.97 Å². The zero-order valence-corrected chi connectivity index (χ0v) is 11.6. The standard InChI is InChI=1S/C17H16N2O/c1-3-15-11(2)17(20)19-16(18-15)14-9-8-12-6-4-5-7-13(12)10-14/h4-10H,3H2,1-2H3,(H,18,19,20). The summed E-state index contributed by atoms with van der Waals surface area (Å²) in [5.74, 6) is 0.642. The first-order valence-electron chi connectivity index (χ1n) is 6.78. The molecule has 3 rings (SSSR count). The Hall–Kier alpha value is -2.42. The summed E-state index contributed by atoms with van der Waals surface area (Å²) in [6.07, 6.45) is 0.760. The lowest BCUT2D eigenvalue weighted by Gasteiger charge is -2.07. The monoisotopic (exact) mass is 264 g/mol. The topological polar surface area (TPSA) is 45.8 Å². The molecule has 100 valence electrons. The Balaban J connectivity index is 2.20. The Morgan fingerprint density at radius 2 is 1.85 bits per heavy atom. The summed E-state index contributed by atoms with van der Waals surface area (Å²) in [7, 11) is 0. The van der Waals surface area contributed by atoms with Crippen molar-refractivity contribution in [3.8, 4) is 11.4 Å². The highest BCUT2D eigenvalue weighted by atomic mass is 16.1. The van der Waals surface area contributed by atoms with Crippen LogP contribution < -0.4 is 5.56 Å². The smallest absolute Gasteiger partial charge is 0.254 e. The van der Waals surface area contributed by atoms with Crippen LogP contribution in [0.1, 0.15) is 18.2 Å². The van der Waals surface area contributed by atoms with Crippen molar-refractivity contribution >= 4 is 10.8 Å². The number of H-pyrrole nitrogens is 1. The second-order valence-corrected chi connectivity index (χ2v) is 4.90. The molecule has 0 bridgehead atoms. The van der Waals surface area contributed by atoms with Crippen molar-refractivity contribution in [2.24, 2.45) is 0 Å². The normalized spacial score (nSPS) is 10.9. The molecule has 1 aromatic heterocycles. The fourth-order valence-corrected chi connectivity index (χ4v) is 2.40. The van der Waals surface area contributed by atoms with Crippen molar-refractivity contribution in [2.75, 3.05) is 0 Å². The van der Waals surface area contributed by atoms with Gasteiger partial charge in [-0.1, -0.05) is 43.3 Å². The summed E-state index contributed by atoms with van der Waals surface area (Å²) >= 11 is 0. The number of aryl methyl sites for hydroxylation is 1. The zero-order valence-electron chi connectivity index (χ0n) is 11.6. The van der Waals surface area contributed by atoms with Crippen LogP contribution in [0.5, 0.6) is 0 Å². The van der Waals surface area contributed by atoms with E-state index >= 15 is 0 Å². The lowest BCUT2D eigenvalue weighted by Crippen LogP contribution is -2.15. The number of hydrogen-bond donors (Lipinski definition) is 1. The van der Waals surface area contributed by atoms with Crippen LogP contribution in [0.3, 0.4) is 0 Å². The fraction of sp³-hybridized carbons (Fsp3) is 0.176. The average molecular weight is 264 g/mol. The van der Waals surface area contributed by atoms with E-state index in [0.29, 0.717) is 11.4 Å². The van der Waals surface area contributed by atoms with Crippen LogP contribution in [0.4, 0.5) is 0 Å². The van der Waals surface area contributed by atoms with E-state index in [-0.39, 0.29) is 5.56 Å². The van der Waals surface area contributed by atoms with Crippen molar-refractivity contribution in [3.63, 3.8) is 0 Å². The SMILES string of the molecule is CCc1nc(-c2ccc3ccccc3c2)[nH]c(=O)c1C. The molecule has 0 amide bonds. The molecule has 3 heteroatoms. The summed E-state index contributed by atoms with van der Waals surface area (Å²) in [6, 6.07) is 14.3. The first-order chi connectivity index (χ1) is 9.69. The van der Waals surface area contributed by atoms with E-state index in [1.54, 1.807) is 0 Å². The number of rotatable bonds is 2. The molecule has 0 aliphatic carbocycles. The number of aromatic amines is 1. The number of aromatic nitrogens is 2. The van der Waals surface area contributed by atoms with Gasteiger partial charge >= 0.3 is 0 Å². The Morgan fingerprint density at radius 1 is 1.10 bits per heavy atom. The van der Waals surface area contributed by atoms with Crippen LogP contribution in [0, 0.1) is 6.92 Å². The molecule has 3 nitrogen and oxygen atoms in total. The molecular weight excluding hydrogens is 248 g/mol. The minimum Gasteiger partial charge on any atom is -0.306 e. The van der Waals surface area contributed by atoms with Gasteiger partial charge in [-0.15, -0.1) is 0 Å². The molecule has 0 saturated heterocycles. The molecule has 2 aromatic carbocycles. The minimum absolute atomic E-state index is 0.0555. The maximum atomic E-state index is 12.0. The van der Waals surface area contributed by atoms with Crippen molar-refractivity contribution in [1.29, 1.82) is 0 Å². The Bertz CT molecular complexity index is 834. The second-order valence-electron chi connectivity index (χ2n) is 4.90. The Morgan fingerprint density at radius 3 is 2.60 bits per heavy atom. The van der Waals surface area contributed by atoms with Crippen molar-refractivity contribution in [2.45, 2.75) is 20.3 Å². The fourth-order valence-electron chi connectivity index (χ4n) is 2.40. The first-order valence-corrected chi connectivity index (χ1v) is 6.78. The molecule has 0 saturated carbocycles. The van der Waals surface area contributed by atoms with E-state index in [4.69, 9.17) is 0 Å². The third-order valence-corrected chi connectivity index (χ3v) is 3.61. The van der Waals surface area contributed by atoms with E-state index in [2.05, 4.69) is 34.2 Å². The predicted molar refractivity (Wildman–Crippen MR) is 81.9 cm³/mol. The lowest BCUT2D eigenvalue weighted by atomic mass is 10.1. The molecule has 3 aromatic rings. The molecule has 1 heterocycles. The van der Waals surface area contributed by atoms with Gasteiger partial charge in [0.15, 0.2) is 0 Å². The van der Waals surface area contributed by atoms with Gasteiger partial charge in [-0.2, -0.15) is 0 Å². The summed E-state index contributed by atoms with van der Waals surface area (Å²) in [5.41, 5.74) is 2.45. The third kappa shape index (κ3) is 2.11. The van der Waals surface area contributed by atoms with E-state index in [9.17, 15) is 4.79 Å². The van der Waals surface area contributed by atoms with Gasteiger partial charge in [-0.05, 0) is 30.2 Å². The molecule has 0 unspecified atom stereocenters. The van der Waals surface area contributed by atoms with Gasteiger partial charge in [0.2, 0.25) is 0 Å². The maximum absolute atomic E-state index is 12.0. The number of hydrogen-bond acceptors (Lipinski definition) is 2. The molecule has 1 N–H and O–H groups in total. The predicted octanol–water partition coefficient (Wildman–Crippen LogP) is 3.46. The highest BCUT2D eigenvalue weighted by Crippen LogP contribution is 2.21. The van der Waals surface area contributed by atoms with Gasteiger partial charge in [0.25, 0.3) is 5.56 Å². The van der Waals surface area contributed by atoms with Crippen molar-refractivity contribution in [1.82, 2.24) is 9.97 Å². The third-order valence-electron chi connectivity index (χ3n) is 3.61. The van der Waals surface area contributed by atoms with E-state index < -0.39 is 0 Å². The summed E-state index contributed by atoms with van der Waals surface area (Å²) in [5, 5.41) is 2.33. The maximum Gasteiger partial charge on any atom is 0.254 e. The van der Waals surface area contributed by atoms with Gasteiger partial charge in [-0.3, -0.25) is 4.79 Å². The van der Waals surface area contributed by atoms with Crippen LogP contribution in [0.2, 0.25) is 0 Å². The number of nitrogens with zero attached hydrogens (tertiary/aromatic N) is 1.